The van der Waals surface area contributed by atoms with Gasteiger partial charge < -0.3 is 19.6 Å². The van der Waals surface area contributed by atoms with Crippen LogP contribution in [0.5, 0.6) is 0 Å². The maximum Gasteiger partial charge on any atom is 0.319 e. The third kappa shape index (κ3) is 3.10. The van der Waals surface area contributed by atoms with E-state index < -0.39 is 11.8 Å². The summed E-state index contributed by atoms with van der Waals surface area (Å²) in [6.07, 6.45) is 3.48. The number of carbonyl (C=O) groups is 1. The number of amides is 2. The number of aryl methyl sites for hydroxylation is 1. The van der Waals surface area contributed by atoms with E-state index in [1.54, 1.807) is 18.2 Å². The Bertz CT molecular complexity index is 904. The van der Waals surface area contributed by atoms with Crippen LogP contribution in [0.25, 0.3) is 11.3 Å². The van der Waals surface area contributed by atoms with Crippen molar-refractivity contribution in [1.29, 1.82) is 0 Å². The number of rotatable bonds is 4. The minimum atomic E-state index is -0.520. The Labute approximate surface area is 142 Å². The molecular formula is C17H16FN5O2. The highest BCUT2D eigenvalue weighted by Crippen LogP contribution is 2.25. The molecular weight excluding hydrogens is 325 g/mol. The van der Waals surface area contributed by atoms with Crippen molar-refractivity contribution in [3.8, 4) is 11.3 Å². The second-order valence-corrected chi connectivity index (χ2v) is 5.77. The lowest BCUT2D eigenvalue weighted by molar-refractivity contribution is 0.251. The fourth-order valence-corrected chi connectivity index (χ4v) is 2.88. The van der Waals surface area contributed by atoms with Crippen molar-refractivity contribution in [2.24, 2.45) is 0 Å². The molecule has 1 aliphatic rings. The predicted octanol–water partition coefficient (Wildman–Crippen LogP) is 2.95. The highest BCUT2D eigenvalue weighted by Gasteiger charge is 2.17. The maximum atomic E-state index is 14.0. The van der Waals surface area contributed by atoms with Gasteiger partial charge in [0, 0.05) is 18.5 Å². The number of aromatic nitrogens is 3. The number of carbonyl (C=O) groups excluding carboxylic acids is 1. The average molecular weight is 341 g/mol. The van der Waals surface area contributed by atoms with Crippen LogP contribution in [-0.2, 0) is 19.5 Å². The van der Waals surface area contributed by atoms with E-state index in [0.717, 1.165) is 25.2 Å². The van der Waals surface area contributed by atoms with Gasteiger partial charge in [-0.25, -0.2) is 9.18 Å². The molecule has 25 heavy (non-hydrogen) atoms. The third-order valence-corrected chi connectivity index (χ3v) is 4.11. The van der Waals surface area contributed by atoms with E-state index in [2.05, 4.69) is 20.8 Å². The van der Waals surface area contributed by atoms with Gasteiger partial charge in [-0.15, -0.1) is 10.2 Å². The standard InChI is InChI=1S/C17H16FN5O2/c18-12-6-5-11(14-3-2-8-25-14)9-13(12)20-17(24)19-10-16-22-21-15-4-1-7-23(15)16/h2-3,5-6,8-9H,1,4,7,10H2,(H2,19,20,24). The van der Waals surface area contributed by atoms with Crippen LogP contribution in [0.2, 0.25) is 0 Å². The number of hydrogen-bond acceptors (Lipinski definition) is 4. The first kappa shape index (κ1) is 15.4. The molecule has 0 spiro atoms. The molecule has 0 radical (unpaired) electrons. The van der Waals surface area contributed by atoms with Gasteiger partial charge in [-0.05, 0) is 36.8 Å². The zero-order valence-corrected chi connectivity index (χ0v) is 13.3. The summed E-state index contributed by atoms with van der Waals surface area (Å²) in [5.74, 6) is 1.72. The van der Waals surface area contributed by atoms with E-state index >= 15 is 0 Å². The normalized spacial score (nSPS) is 12.8. The minimum absolute atomic E-state index is 0.0814. The van der Waals surface area contributed by atoms with Gasteiger partial charge in [0.2, 0.25) is 0 Å². The monoisotopic (exact) mass is 341 g/mol. The number of nitrogens with one attached hydrogen (secondary N) is 2. The van der Waals surface area contributed by atoms with Crippen LogP contribution in [0.1, 0.15) is 18.1 Å². The molecule has 0 fully saturated rings. The Morgan fingerprint density at radius 2 is 2.24 bits per heavy atom. The first-order valence-electron chi connectivity index (χ1n) is 8.00. The lowest BCUT2D eigenvalue weighted by Gasteiger charge is -2.09. The second-order valence-electron chi connectivity index (χ2n) is 5.77. The average Bonchev–Trinajstić information content (AvgIpc) is 3.33. The van der Waals surface area contributed by atoms with Gasteiger partial charge in [0.05, 0.1) is 18.5 Å². The molecule has 0 atom stereocenters. The number of benzene rings is 1. The number of fused-ring (bicyclic) bond motifs is 1. The zero-order chi connectivity index (χ0) is 17.2. The summed E-state index contributed by atoms with van der Waals surface area (Å²) in [5, 5.41) is 13.3. The molecule has 3 heterocycles. The number of nitrogens with zero attached hydrogens (tertiary/aromatic N) is 3. The SMILES string of the molecule is O=C(NCc1nnc2n1CCC2)Nc1cc(-c2ccco2)ccc1F. The summed E-state index contributed by atoms with van der Waals surface area (Å²) in [6.45, 7) is 1.10. The molecule has 8 heteroatoms. The number of urea groups is 1. The first-order valence-corrected chi connectivity index (χ1v) is 8.00. The van der Waals surface area contributed by atoms with Crippen LogP contribution in [0, 0.1) is 5.82 Å². The summed E-state index contributed by atoms with van der Waals surface area (Å²) in [6, 6.07) is 7.42. The number of anilines is 1. The van der Waals surface area contributed by atoms with E-state index in [1.807, 2.05) is 4.57 Å². The van der Waals surface area contributed by atoms with Crippen molar-refractivity contribution in [3.63, 3.8) is 0 Å². The maximum absolute atomic E-state index is 14.0. The van der Waals surface area contributed by atoms with Gasteiger partial charge in [-0.3, -0.25) is 0 Å². The Hall–Kier alpha value is -3.16. The molecule has 0 unspecified atom stereocenters. The van der Waals surface area contributed by atoms with Gasteiger partial charge in [0.1, 0.15) is 17.4 Å². The summed E-state index contributed by atoms with van der Waals surface area (Å²) in [4.78, 5) is 12.1. The largest absolute Gasteiger partial charge is 0.464 e. The van der Waals surface area contributed by atoms with Crippen LogP contribution in [0.4, 0.5) is 14.9 Å². The lowest BCUT2D eigenvalue weighted by Crippen LogP contribution is -2.29. The molecule has 2 aromatic heterocycles. The third-order valence-electron chi connectivity index (χ3n) is 4.11. The van der Waals surface area contributed by atoms with Gasteiger partial charge in [-0.2, -0.15) is 0 Å². The second kappa shape index (κ2) is 6.39. The fraction of sp³-hybridized carbons (Fsp3) is 0.235. The molecule has 0 bridgehead atoms. The highest BCUT2D eigenvalue weighted by molar-refractivity contribution is 5.90. The minimum Gasteiger partial charge on any atom is -0.464 e. The molecule has 7 nitrogen and oxygen atoms in total. The van der Waals surface area contributed by atoms with E-state index in [0.29, 0.717) is 17.1 Å². The van der Waals surface area contributed by atoms with Gasteiger partial charge in [0.25, 0.3) is 0 Å². The summed E-state index contributed by atoms with van der Waals surface area (Å²) < 4.78 is 21.3. The number of halogens is 1. The summed E-state index contributed by atoms with van der Waals surface area (Å²) in [5.41, 5.74) is 0.759. The first-order chi connectivity index (χ1) is 12.2. The van der Waals surface area contributed by atoms with Crippen LogP contribution in [-0.4, -0.2) is 20.8 Å². The van der Waals surface area contributed by atoms with E-state index in [-0.39, 0.29) is 12.2 Å². The predicted molar refractivity (Wildman–Crippen MR) is 88.3 cm³/mol. The topological polar surface area (TPSA) is 85.0 Å². The summed E-state index contributed by atoms with van der Waals surface area (Å²) >= 11 is 0. The van der Waals surface area contributed by atoms with Crippen molar-refractivity contribution in [2.45, 2.75) is 25.9 Å². The molecule has 3 aromatic rings. The Balaban J connectivity index is 1.43. The molecule has 4 rings (SSSR count). The van der Waals surface area contributed by atoms with Gasteiger partial charge in [-0.1, -0.05) is 0 Å². The van der Waals surface area contributed by atoms with E-state index in [1.165, 1.54) is 18.4 Å². The molecule has 2 amide bonds. The van der Waals surface area contributed by atoms with Crippen molar-refractivity contribution in [2.75, 3.05) is 5.32 Å². The summed E-state index contributed by atoms with van der Waals surface area (Å²) in [7, 11) is 0. The molecule has 0 aliphatic carbocycles. The zero-order valence-electron chi connectivity index (χ0n) is 13.3. The van der Waals surface area contributed by atoms with Crippen LogP contribution < -0.4 is 10.6 Å². The quantitative estimate of drug-likeness (QED) is 0.764. The smallest absolute Gasteiger partial charge is 0.319 e. The molecule has 1 aromatic carbocycles. The molecule has 0 saturated carbocycles. The van der Waals surface area contributed by atoms with Crippen LogP contribution in [0.3, 0.4) is 0 Å². The van der Waals surface area contributed by atoms with Crippen LogP contribution in [0.15, 0.2) is 41.0 Å². The Morgan fingerprint density at radius 3 is 3.08 bits per heavy atom. The van der Waals surface area contributed by atoms with E-state index in [9.17, 15) is 9.18 Å². The van der Waals surface area contributed by atoms with Crippen LogP contribution >= 0.6 is 0 Å². The fourth-order valence-electron chi connectivity index (χ4n) is 2.88. The highest BCUT2D eigenvalue weighted by atomic mass is 19.1. The molecule has 0 saturated heterocycles. The Morgan fingerprint density at radius 1 is 1.32 bits per heavy atom. The van der Waals surface area contributed by atoms with Crippen molar-refractivity contribution in [1.82, 2.24) is 20.1 Å². The molecule has 128 valence electrons. The number of furan rings is 1. The van der Waals surface area contributed by atoms with Crippen molar-refractivity contribution >= 4 is 11.7 Å². The van der Waals surface area contributed by atoms with Crippen molar-refractivity contribution < 1.29 is 13.6 Å². The lowest BCUT2D eigenvalue weighted by atomic mass is 10.1. The number of hydrogen-bond donors (Lipinski definition) is 2. The Kier molecular flexibility index (Phi) is 3.93. The van der Waals surface area contributed by atoms with Crippen molar-refractivity contribution in [3.05, 3.63) is 54.1 Å². The molecule has 1 aliphatic heterocycles. The van der Waals surface area contributed by atoms with Gasteiger partial charge >= 0.3 is 6.03 Å². The van der Waals surface area contributed by atoms with Gasteiger partial charge in [0.15, 0.2) is 5.82 Å². The molecule has 2 N–H and O–H groups in total. The van der Waals surface area contributed by atoms with E-state index in [4.69, 9.17) is 4.42 Å².